The number of aromatic nitrogens is 2. The number of halogens is 2. The average molecular weight is 309 g/mol. The maximum Gasteiger partial charge on any atom is 0.213 e. The normalized spacial score (nSPS) is 21.0. The molecule has 1 aromatic carbocycles. The van der Waals surface area contributed by atoms with Crippen LogP contribution >= 0.6 is 0 Å². The van der Waals surface area contributed by atoms with Gasteiger partial charge in [-0.2, -0.15) is 4.98 Å². The SMILES string of the molecule is OC(CN1CCCCC1c1ncon1)c1c(F)cccc1F. The number of aliphatic hydroxyl groups is 1. The third-order valence-corrected chi connectivity index (χ3v) is 4.03. The molecule has 22 heavy (non-hydrogen) atoms. The van der Waals surface area contributed by atoms with Gasteiger partial charge in [-0.3, -0.25) is 4.90 Å². The Kier molecular flexibility index (Phi) is 4.44. The van der Waals surface area contributed by atoms with E-state index in [4.69, 9.17) is 4.52 Å². The van der Waals surface area contributed by atoms with Crippen molar-refractivity contribution in [2.24, 2.45) is 0 Å². The fourth-order valence-corrected chi connectivity index (χ4v) is 2.97. The lowest BCUT2D eigenvalue weighted by Crippen LogP contribution is -2.37. The van der Waals surface area contributed by atoms with Crippen LogP contribution in [0.5, 0.6) is 0 Å². The summed E-state index contributed by atoms with van der Waals surface area (Å²) in [7, 11) is 0. The van der Waals surface area contributed by atoms with Crippen LogP contribution in [0.1, 0.15) is 42.8 Å². The molecule has 1 fully saturated rings. The molecule has 2 unspecified atom stereocenters. The highest BCUT2D eigenvalue weighted by molar-refractivity contribution is 5.22. The van der Waals surface area contributed by atoms with E-state index in [0.29, 0.717) is 12.4 Å². The first-order valence-electron chi connectivity index (χ1n) is 7.29. The largest absolute Gasteiger partial charge is 0.387 e. The highest BCUT2D eigenvalue weighted by Crippen LogP contribution is 2.31. The summed E-state index contributed by atoms with van der Waals surface area (Å²) in [4.78, 5) is 6.01. The molecular weight excluding hydrogens is 292 g/mol. The third-order valence-electron chi connectivity index (χ3n) is 4.03. The first kappa shape index (κ1) is 15.1. The number of likely N-dealkylation sites (tertiary alicyclic amines) is 1. The van der Waals surface area contributed by atoms with Crippen molar-refractivity contribution in [3.8, 4) is 0 Å². The van der Waals surface area contributed by atoms with Crippen LogP contribution in [-0.2, 0) is 0 Å². The molecule has 1 N–H and O–H groups in total. The lowest BCUT2D eigenvalue weighted by molar-refractivity contribution is 0.0591. The second-order valence-corrected chi connectivity index (χ2v) is 5.45. The molecule has 0 bridgehead atoms. The van der Waals surface area contributed by atoms with Gasteiger partial charge in [0.1, 0.15) is 11.6 Å². The van der Waals surface area contributed by atoms with Crippen LogP contribution < -0.4 is 0 Å². The smallest absolute Gasteiger partial charge is 0.213 e. The minimum absolute atomic E-state index is 0.100. The van der Waals surface area contributed by atoms with Crippen molar-refractivity contribution >= 4 is 0 Å². The number of benzene rings is 1. The molecule has 2 heterocycles. The third kappa shape index (κ3) is 3.00. The van der Waals surface area contributed by atoms with E-state index in [1.807, 2.05) is 4.90 Å². The fraction of sp³-hybridized carbons (Fsp3) is 0.467. The molecule has 118 valence electrons. The van der Waals surface area contributed by atoms with Gasteiger partial charge in [0, 0.05) is 6.54 Å². The quantitative estimate of drug-likeness (QED) is 0.940. The molecule has 0 saturated carbocycles. The predicted molar refractivity (Wildman–Crippen MR) is 73.8 cm³/mol. The lowest BCUT2D eigenvalue weighted by Gasteiger charge is -2.35. The summed E-state index contributed by atoms with van der Waals surface area (Å²) in [6.07, 6.45) is 2.82. The minimum atomic E-state index is -1.24. The summed E-state index contributed by atoms with van der Waals surface area (Å²) >= 11 is 0. The van der Waals surface area contributed by atoms with Gasteiger partial charge in [0.15, 0.2) is 5.82 Å². The van der Waals surface area contributed by atoms with E-state index in [0.717, 1.165) is 31.4 Å². The van der Waals surface area contributed by atoms with Crippen molar-refractivity contribution < 1.29 is 18.4 Å². The average Bonchev–Trinajstić information content (AvgIpc) is 3.01. The van der Waals surface area contributed by atoms with Gasteiger partial charge in [0.05, 0.1) is 17.7 Å². The van der Waals surface area contributed by atoms with Gasteiger partial charge >= 0.3 is 0 Å². The number of piperidine rings is 1. The Hall–Kier alpha value is -1.86. The molecular formula is C15H17F2N3O2. The van der Waals surface area contributed by atoms with Gasteiger partial charge in [0.2, 0.25) is 6.39 Å². The number of aliphatic hydroxyl groups excluding tert-OH is 1. The zero-order valence-electron chi connectivity index (χ0n) is 12.0. The number of β-amino-alcohol motifs (C(OH)–C–C–N with tert-alkyl or cyclic N) is 1. The predicted octanol–water partition coefficient (Wildman–Crippen LogP) is 2.61. The molecule has 7 heteroatoms. The Morgan fingerprint density at radius 1 is 1.32 bits per heavy atom. The fourth-order valence-electron chi connectivity index (χ4n) is 2.97. The Morgan fingerprint density at radius 2 is 2.09 bits per heavy atom. The van der Waals surface area contributed by atoms with Gasteiger partial charge in [-0.15, -0.1) is 0 Å². The molecule has 0 spiro atoms. The Bertz CT molecular complexity index is 601. The van der Waals surface area contributed by atoms with E-state index in [1.54, 1.807) is 0 Å². The number of nitrogens with zero attached hydrogens (tertiary/aromatic N) is 3. The zero-order chi connectivity index (χ0) is 15.5. The summed E-state index contributed by atoms with van der Waals surface area (Å²) < 4.78 is 32.3. The molecule has 0 amide bonds. The van der Waals surface area contributed by atoms with Gasteiger partial charge in [-0.1, -0.05) is 17.6 Å². The molecule has 2 aromatic rings. The van der Waals surface area contributed by atoms with Crippen LogP contribution in [0.3, 0.4) is 0 Å². The van der Waals surface area contributed by atoms with Crippen molar-refractivity contribution in [3.05, 3.63) is 47.6 Å². The molecule has 1 aromatic heterocycles. The first-order valence-corrected chi connectivity index (χ1v) is 7.29. The zero-order valence-corrected chi connectivity index (χ0v) is 12.0. The monoisotopic (exact) mass is 309 g/mol. The number of hydrogen-bond acceptors (Lipinski definition) is 5. The molecule has 0 aliphatic carbocycles. The van der Waals surface area contributed by atoms with E-state index in [9.17, 15) is 13.9 Å². The van der Waals surface area contributed by atoms with Crippen molar-refractivity contribution in [1.29, 1.82) is 0 Å². The van der Waals surface area contributed by atoms with Gasteiger partial charge in [-0.25, -0.2) is 8.78 Å². The number of rotatable bonds is 4. The Balaban J connectivity index is 1.78. The maximum absolute atomic E-state index is 13.8. The lowest BCUT2D eigenvalue weighted by atomic mass is 9.99. The summed E-state index contributed by atoms with van der Waals surface area (Å²) in [5.41, 5.74) is -0.292. The summed E-state index contributed by atoms with van der Waals surface area (Å²) in [5.74, 6) is -0.929. The van der Waals surface area contributed by atoms with Crippen molar-refractivity contribution in [2.75, 3.05) is 13.1 Å². The van der Waals surface area contributed by atoms with Crippen LogP contribution in [0.2, 0.25) is 0 Å². The van der Waals surface area contributed by atoms with E-state index in [2.05, 4.69) is 10.1 Å². The van der Waals surface area contributed by atoms with E-state index in [1.165, 1.54) is 12.5 Å². The summed E-state index contributed by atoms with van der Waals surface area (Å²) in [6, 6.07) is 3.48. The van der Waals surface area contributed by atoms with Crippen molar-refractivity contribution in [3.63, 3.8) is 0 Å². The maximum atomic E-state index is 13.8. The van der Waals surface area contributed by atoms with Crippen LogP contribution in [0.4, 0.5) is 8.78 Å². The molecule has 0 radical (unpaired) electrons. The highest BCUT2D eigenvalue weighted by atomic mass is 19.1. The minimum Gasteiger partial charge on any atom is -0.387 e. The topological polar surface area (TPSA) is 62.4 Å². The highest BCUT2D eigenvalue weighted by Gasteiger charge is 2.30. The van der Waals surface area contributed by atoms with Crippen LogP contribution in [0.15, 0.2) is 29.1 Å². The Labute approximate surface area is 126 Å². The molecule has 5 nitrogen and oxygen atoms in total. The summed E-state index contributed by atoms with van der Waals surface area (Å²) in [5, 5.41) is 14.1. The van der Waals surface area contributed by atoms with E-state index >= 15 is 0 Å². The molecule has 2 atom stereocenters. The number of hydrogen-bond donors (Lipinski definition) is 1. The second-order valence-electron chi connectivity index (χ2n) is 5.45. The molecule has 1 aliphatic rings. The van der Waals surface area contributed by atoms with E-state index in [-0.39, 0.29) is 18.2 Å². The van der Waals surface area contributed by atoms with Crippen LogP contribution in [0, 0.1) is 11.6 Å². The van der Waals surface area contributed by atoms with Gasteiger partial charge in [0.25, 0.3) is 0 Å². The molecule has 1 aliphatic heterocycles. The van der Waals surface area contributed by atoms with Crippen molar-refractivity contribution in [2.45, 2.75) is 31.4 Å². The standard InChI is InChI=1S/C15H17F2N3O2/c16-10-4-3-5-11(17)14(10)13(21)8-20-7-2-1-6-12(20)15-18-9-22-19-15/h3-5,9,12-13,21H,1-2,6-8H2. The second kappa shape index (κ2) is 6.50. The first-order chi connectivity index (χ1) is 10.7. The van der Waals surface area contributed by atoms with Crippen LogP contribution in [-0.4, -0.2) is 33.2 Å². The van der Waals surface area contributed by atoms with Crippen LogP contribution in [0.25, 0.3) is 0 Å². The van der Waals surface area contributed by atoms with Crippen molar-refractivity contribution in [1.82, 2.24) is 15.0 Å². The van der Waals surface area contributed by atoms with Gasteiger partial charge in [-0.05, 0) is 31.5 Å². The summed E-state index contributed by atoms with van der Waals surface area (Å²) in [6.45, 7) is 0.837. The Morgan fingerprint density at radius 3 is 2.77 bits per heavy atom. The molecule has 3 rings (SSSR count). The van der Waals surface area contributed by atoms with Gasteiger partial charge < -0.3 is 9.63 Å². The molecule has 1 saturated heterocycles. The van der Waals surface area contributed by atoms with E-state index < -0.39 is 17.7 Å².